The van der Waals surface area contributed by atoms with Gasteiger partial charge in [-0.15, -0.1) is 11.3 Å². The number of nitrogens with two attached hydrogens (primary N) is 1. The molecule has 0 atom stereocenters. The van der Waals surface area contributed by atoms with Crippen LogP contribution in [0.15, 0.2) is 24.5 Å². The topological polar surface area (TPSA) is 51.8 Å². The molecule has 0 radical (unpaired) electrons. The second-order valence-electron chi connectivity index (χ2n) is 4.99. The maximum absolute atomic E-state index is 6.09. The van der Waals surface area contributed by atoms with E-state index in [1.54, 1.807) is 11.3 Å². The number of benzene rings is 1. The first-order valence-electron chi connectivity index (χ1n) is 6.71. The molecule has 0 saturated carbocycles. The van der Waals surface area contributed by atoms with E-state index in [9.17, 15) is 0 Å². The van der Waals surface area contributed by atoms with Gasteiger partial charge in [-0.25, -0.2) is 9.97 Å². The molecule has 0 saturated heterocycles. The third-order valence-corrected chi connectivity index (χ3v) is 4.95. The molecule has 0 aliphatic heterocycles. The number of anilines is 1. The Morgan fingerprint density at radius 2 is 1.95 bits per heavy atom. The van der Waals surface area contributed by atoms with Crippen LogP contribution in [0.4, 0.5) is 5.82 Å². The number of nitrogen functional groups attached to an aromatic ring is 1. The number of fused-ring (bicyclic) bond motifs is 1. The highest BCUT2D eigenvalue weighted by Crippen LogP contribution is 2.40. The van der Waals surface area contributed by atoms with Crippen LogP contribution in [0.5, 0.6) is 0 Å². The third kappa shape index (κ3) is 1.96. The van der Waals surface area contributed by atoms with Gasteiger partial charge in [0, 0.05) is 10.4 Å². The predicted octanol–water partition coefficient (Wildman–Crippen LogP) is 4.12. The summed E-state index contributed by atoms with van der Waals surface area (Å²) in [5, 5.41) is 0.998. The molecule has 0 fully saturated rings. The summed E-state index contributed by atoms with van der Waals surface area (Å²) in [6.07, 6.45) is 2.51. The van der Waals surface area contributed by atoms with E-state index in [1.807, 2.05) is 0 Å². The minimum absolute atomic E-state index is 0.569. The maximum Gasteiger partial charge on any atom is 0.136 e. The molecule has 2 N–H and O–H groups in total. The lowest BCUT2D eigenvalue weighted by Crippen LogP contribution is -1.93. The van der Waals surface area contributed by atoms with Crippen LogP contribution < -0.4 is 5.73 Å². The number of aryl methyl sites for hydroxylation is 3. The van der Waals surface area contributed by atoms with Crippen molar-refractivity contribution in [3.8, 4) is 11.1 Å². The van der Waals surface area contributed by atoms with Gasteiger partial charge in [-0.3, -0.25) is 0 Å². The zero-order valence-electron chi connectivity index (χ0n) is 11.9. The summed E-state index contributed by atoms with van der Waals surface area (Å²) in [4.78, 5) is 10.8. The van der Waals surface area contributed by atoms with E-state index in [-0.39, 0.29) is 0 Å². The van der Waals surface area contributed by atoms with Gasteiger partial charge in [-0.2, -0.15) is 0 Å². The Kier molecular flexibility index (Phi) is 3.18. The highest BCUT2D eigenvalue weighted by atomic mass is 32.1. The van der Waals surface area contributed by atoms with Crippen molar-refractivity contribution in [3.63, 3.8) is 0 Å². The summed E-state index contributed by atoms with van der Waals surface area (Å²) in [5.41, 5.74) is 11.1. The van der Waals surface area contributed by atoms with Crippen molar-refractivity contribution < 1.29 is 0 Å². The predicted molar refractivity (Wildman–Crippen MR) is 86.1 cm³/mol. The van der Waals surface area contributed by atoms with Gasteiger partial charge < -0.3 is 5.73 Å². The smallest absolute Gasteiger partial charge is 0.136 e. The number of hydrogen-bond donors (Lipinski definition) is 1. The Bertz CT molecular complexity index is 790. The fourth-order valence-electron chi connectivity index (χ4n) is 2.45. The Morgan fingerprint density at radius 1 is 1.15 bits per heavy atom. The molecule has 4 heteroatoms. The van der Waals surface area contributed by atoms with Crippen molar-refractivity contribution in [1.29, 1.82) is 0 Å². The number of aromatic nitrogens is 2. The highest BCUT2D eigenvalue weighted by Gasteiger charge is 2.16. The van der Waals surface area contributed by atoms with Crippen molar-refractivity contribution in [3.05, 3.63) is 40.5 Å². The van der Waals surface area contributed by atoms with Crippen molar-refractivity contribution >= 4 is 27.4 Å². The first-order valence-corrected chi connectivity index (χ1v) is 7.53. The van der Waals surface area contributed by atoms with E-state index in [1.165, 1.54) is 33.5 Å². The van der Waals surface area contributed by atoms with Crippen LogP contribution in [0.2, 0.25) is 0 Å². The van der Waals surface area contributed by atoms with Crippen LogP contribution in [0.1, 0.15) is 22.9 Å². The molecule has 0 spiro atoms. The average Bonchev–Trinajstić information content (AvgIpc) is 2.82. The van der Waals surface area contributed by atoms with Crippen molar-refractivity contribution in [1.82, 2.24) is 9.97 Å². The Hall–Kier alpha value is -1.94. The van der Waals surface area contributed by atoms with Gasteiger partial charge >= 0.3 is 0 Å². The summed E-state index contributed by atoms with van der Waals surface area (Å²) in [6, 6.07) is 6.55. The average molecular weight is 283 g/mol. The zero-order chi connectivity index (χ0) is 14.3. The lowest BCUT2D eigenvalue weighted by Gasteiger charge is -2.07. The molecule has 3 nitrogen and oxygen atoms in total. The first kappa shape index (κ1) is 13.1. The van der Waals surface area contributed by atoms with Crippen LogP contribution in [0, 0.1) is 13.8 Å². The molecule has 0 bridgehead atoms. The third-order valence-electron chi connectivity index (χ3n) is 3.71. The zero-order valence-corrected chi connectivity index (χ0v) is 12.7. The van der Waals surface area contributed by atoms with Crippen LogP contribution in [0.25, 0.3) is 21.3 Å². The van der Waals surface area contributed by atoms with E-state index in [4.69, 9.17) is 5.73 Å². The normalized spacial score (nSPS) is 11.2. The standard InChI is InChI=1S/C16H17N3S/c1-4-12-13(11-6-5-9(2)10(3)7-11)14-15(17)18-8-19-16(14)20-12/h5-8H,4H2,1-3H3,(H2,17,18,19). The fraction of sp³-hybridized carbons (Fsp3) is 0.250. The lowest BCUT2D eigenvalue weighted by molar-refractivity contribution is 1.19. The Morgan fingerprint density at radius 3 is 2.65 bits per heavy atom. The number of thiophene rings is 1. The molecule has 0 aliphatic carbocycles. The van der Waals surface area contributed by atoms with E-state index < -0.39 is 0 Å². The van der Waals surface area contributed by atoms with E-state index >= 15 is 0 Å². The van der Waals surface area contributed by atoms with Gasteiger partial charge in [0.1, 0.15) is 17.0 Å². The van der Waals surface area contributed by atoms with Crippen LogP contribution in [-0.2, 0) is 6.42 Å². The molecular formula is C16H17N3S. The molecule has 0 aliphatic rings. The van der Waals surface area contributed by atoms with Gasteiger partial charge in [0.25, 0.3) is 0 Å². The number of hydrogen-bond acceptors (Lipinski definition) is 4. The summed E-state index contributed by atoms with van der Waals surface area (Å²) in [7, 11) is 0. The quantitative estimate of drug-likeness (QED) is 0.769. The number of nitrogens with zero attached hydrogens (tertiary/aromatic N) is 2. The largest absolute Gasteiger partial charge is 0.383 e. The van der Waals surface area contributed by atoms with Crippen molar-refractivity contribution in [2.45, 2.75) is 27.2 Å². The molecule has 0 unspecified atom stereocenters. The van der Waals surface area contributed by atoms with Gasteiger partial charge in [-0.1, -0.05) is 25.1 Å². The first-order chi connectivity index (χ1) is 9.61. The summed E-state index contributed by atoms with van der Waals surface area (Å²) in [5.74, 6) is 0.569. The van der Waals surface area contributed by atoms with Gasteiger partial charge in [0.15, 0.2) is 0 Å². The monoisotopic (exact) mass is 283 g/mol. The summed E-state index contributed by atoms with van der Waals surface area (Å²) in [6.45, 7) is 6.43. The van der Waals surface area contributed by atoms with Crippen LogP contribution >= 0.6 is 11.3 Å². The minimum Gasteiger partial charge on any atom is -0.383 e. The molecule has 3 aromatic rings. The van der Waals surface area contributed by atoms with E-state index in [0.717, 1.165) is 16.6 Å². The SMILES string of the molecule is CCc1sc2ncnc(N)c2c1-c1ccc(C)c(C)c1. The number of rotatable bonds is 2. The molecule has 2 aromatic heterocycles. The second-order valence-corrected chi connectivity index (χ2v) is 6.08. The van der Waals surface area contributed by atoms with Gasteiger partial charge in [0.2, 0.25) is 0 Å². The van der Waals surface area contributed by atoms with Gasteiger partial charge in [0.05, 0.1) is 5.39 Å². The molecule has 0 amide bonds. The molecule has 20 heavy (non-hydrogen) atoms. The molecular weight excluding hydrogens is 266 g/mol. The minimum atomic E-state index is 0.569. The summed E-state index contributed by atoms with van der Waals surface area (Å²) < 4.78 is 0. The van der Waals surface area contributed by atoms with E-state index in [0.29, 0.717) is 5.82 Å². The van der Waals surface area contributed by atoms with Crippen molar-refractivity contribution in [2.24, 2.45) is 0 Å². The molecule has 1 aromatic carbocycles. The summed E-state index contributed by atoms with van der Waals surface area (Å²) >= 11 is 1.71. The van der Waals surface area contributed by atoms with Crippen molar-refractivity contribution in [2.75, 3.05) is 5.73 Å². The molecule has 102 valence electrons. The fourth-order valence-corrected chi connectivity index (χ4v) is 3.56. The maximum atomic E-state index is 6.09. The van der Waals surface area contributed by atoms with Crippen LogP contribution in [0.3, 0.4) is 0 Å². The second kappa shape index (κ2) is 4.87. The van der Waals surface area contributed by atoms with Gasteiger partial charge in [-0.05, 0) is 37.0 Å². The Balaban J connectivity index is 2.36. The van der Waals surface area contributed by atoms with E-state index in [2.05, 4.69) is 48.9 Å². The highest BCUT2D eigenvalue weighted by molar-refractivity contribution is 7.19. The lowest BCUT2D eigenvalue weighted by atomic mass is 9.98. The molecule has 3 rings (SSSR count). The Labute approximate surface area is 122 Å². The molecule has 2 heterocycles. The van der Waals surface area contributed by atoms with Crippen LogP contribution in [-0.4, -0.2) is 9.97 Å².